The molecule has 110 valence electrons. The van der Waals surface area contributed by atoms with Crippen LogP contribution in [-0.2, 0) is 16.6 Å². The third-order valence-electron chi connectivity index (χ3n) is 3.77. The Kier molecular flexibility index (Phi) is 4.36. The van der Waals surface area contributed by atoms with Gasteiger partial charge in [-0.05, 0) is 36.1 Å². The molecule has 0 aliphatic carbocycles. The second kappa shape index (κ2) is 6.04. The van der Waals surface area contributed by atoms with E-state index >= 15 is 0 Å². The highest BCUT2D eigenvalue weighted by molar-refractivity contribution is 5.81. The Morgan fingerprint density at radius 2 is 1.67 bits per heavy atom. The van der Waals surface area contributed by atoms with Gasteiger partial charge in [0.25, 0.3) is 0 Å². The molecule has 0 fully saturated rings. The summed E-state index contributed by atoms with van der Waals surface area (Å²) in [5, 5.41) is 9.69. The second-order valence-electron chi connectivity index (χ2n) is 5.06. The lowest BCUT2D eigenvalue weighted by atomic mass is 9.73. The molecular weight excluding hydrogens is 274 g/mol. The molecule has 2 aromatic rings. The van der Waals surface area contributed by atoms with Crippen LogP contribution < -0.4 is 0 Å². The summed E-state index contributed by atoms with van der Waals surface area (Å²) >= 11 is 0. The molecule has 0 radical (unpaired) electrons. The van der Waals surface area contributed by atoms with Gasteiger partial charge in [0.2, 0.25) is 0 Å². The van der Waals surface area contributed by atoms with Gasteiger partial charge in [-0.3, -0.25) is 4.79 Å². The fraction of sp³-hybridized carbons (Fsp3) is 0.235. The minimum atomic E-state index is -1.19. The number of carbonyl (C=O) groups is 1. The predicted molar refractivity (Wildman–Crippen MR) is 76.1 cm³/mol. The van der Waals surface area contributed by atoms with E-state index in [0.29, 0.717) is 17.5 Å². The van der Waals surface area contributed by atoms with Gasteiger partial charge in [-0.15, -0.1) is 0 Å². The van der Waals surface area contributed by atoms with E-state index in [4.69, 9.17) is 0 Å². The molecule has 4 heteroatoms. The molecule has 0 heterocycles. The fourth-order valence-electron chi connectivity index (χ4n) is 2.60. The lowest BCUT2D eigenvalue weighted by Gasteiger charge is -2.29. The van der Waals surface area contributed by atoms with Gasteiger partial charge in [-0.2, -0.15) is 0 Å². The molecule has 0 bridgehead atoms. The summed E-state index contributed by atoms with van der Waals surface area (Å²) in [5.41, 5.74) is -0.230. The van der Waals surface area contributed by atoms with Crippen molar-refractivity contribution in [1.82, 2.24) is 0 Å². The average molecular weight is 290 g/mol. The molecule has 0 saturated carbocycles. The third-order valence-corrected chi connectivity index (χ3v) is 3.77. The molecule has 2 rings (SSSR count). The summed E-state index contributed by atoms with van der Waals surface area (Å²) in [6.45, 7) is 1.76. The zero-order valence-electron chi connectivity index (χ0n) is 11.6. The topological polar surface area (TPSA) is 37.3 Å². The maximum absolute atomic E-state index is 13.3. The van der Waals surface area contributed by atoms with Crippen LogP contribution in [0.25, 0.3) is 0 Å². The van der Waals surface area contributed by atoms with Gasteiger partial charge in [0, 0.05) is 6.07 Å². The average Bonchev–Trinajstić information content (AvgIpc) is 2.44. The van der Waals surface area contributed by atoms with E-state index in [2.05, 4.69) is 0 Å². The minimum absolute atomic E-state index is 0.0392. The fourth-order valence-corrected chi connectivity index (χ4v) is 2.60. The van der Waals surface area contributed by atoms with Gasteiger partial charge in [0.05, 0.1) is 5.41 Å². The molecule has 0 aromatic heterocycles. The van der Waals surface area contributed by atoms with Crippen LogP contribution in [0.2, 0.25) is 0 Å². The summed E-state index contributed by atoms with van der Waals surface area (Å²) in [6.07, 6.45) is 0.363. The van der Waals surface area contributed by atoms with E-state index in [-0.39, 0.29) is 6.42 Å². The zero-order chi connectivity index (χ0) is 15.5. The first-order valence-corrected chi connectivity index (χ1v) is 6.72. The lowest BCUT2D eigenvalue weighted by molar-refractivity contribution is -0.144. The summed E-state index contributed by atoms with van der Waals surface area (Å²) in [6, 6.07) is 11.9. The van der Waals surface area contributed by atoms with Crippen LogP contribution in [0.1, 0.15) is 24.5 Å². The maximum Gasteiger partial charge on any atom is 0.314 e. The number of hydrogen-bond donors (Lipinski definition) is 1. The summed E-state index contributed by atoms with van der Waals surface area (Å²) in [5.74, 6) is -2.40. The Bertz CT molecular complexity index is 620. The van der Waals surface area contributed by atoms with Crippen LogP contribution in [0.5, 0.6) is 0 Å². The van der Waals surface area contributed by atoms with E-state index in [0.717, 1.165) is 6.07 Å². The highest BCUT2D eigenvalue weighted by Gasteiger charge is 2.38. The van der Waals surface area contributed by atoms with Gasteiger partial charge in [0.1, 0.15) is 11.6 Å². The standard InChI is InChI=1S/C17H16F2O2/c1-2-17(16(20)21,13-6-4-3-5-7-13)11-12-8-14(18)10-15(19)9-12/h3-10H,2,11H2,1H3,(H,20,21). The molecule has 1 atom stereocenters. The summed E-state index contributed by atoms with van der Waals surface area (Å²) in [7, 11) is 0. The predicted octanol–water partition coefficient (Wildman–Crippen LogP) is 3.94. The Labute approximate surface area is 122 Å². The SMILES string of the molecule is CCC(Cc1cc(F)cc(F)c1)(C(=O)O)c1ccccc1. The number of rotatable bonds is 5. The van der Waals surface area contributed by atoms with Crippen LogP contribution in [0, 0.1) is 11.6 Å². The Morgan fingerprint density at radius 3 is 2.14 bits per heavy atom. The molecule has 0 spiro atoms. The second-order valence-corrected chi connectivity index (χ2v) is 5.06. The maximum atomic E-state index is 13.3. The zero-order valence-corrected chi connectivity index (χ0v) is 11.6. The lowest BCUT2D eigenvalue weighted by Crippen LogP contribution is -2.37. The molecule has 21 heavy (non-hydrogen) atoms. The van der Waals surface area contributed by atoms with Gasteiger partial charge < -0.3 is 5.11 Å². The smallest absolute Gasteiger partial charge is 0.314 e. The Balaban J connectivity index is 2.49. The van der Waals surface area contributed by atoms with Crippen molar-refractivity contribution in [2.75, 3.05) is 0 Å². The van der Waals surface area contributed by atoms with Crippen molar-refractivity contribution in [2.45, 2.75) is 25.2 Å². The van der Waals surface area contributed by atoms with E-state index in [1.54, 1.807) is 37.3 Å². The molecule has 0 aliphatic rings. The van der Waals surface area contributed by atoms with Gasteiger partial charge in [0.15, 0.2) is 0 Å². The Morgan fingerprint density at radius 1 is 1.10 bits per heavy atom. The van der Waals surface area contributed by atoms with Crippen LogP contribution in [0.3, 0.4) is 0 Å². The third kappa shape index (κ3) is 3.10. The van der Waals surface area contributed by atoms with Crippen LogP contribution in [0.4, 0.5) is 8.78 Å². The van der Waals surface area contributed by atoms with Crippen LogP contribution in [0.15, 0.2) is 48.5 Å². The van der Waals surface area contributed by atoms with Crippen molar-refractivity contribution in [3.05, 3.63) is 71.3 Å². The normalized spacial score (nSPS) is 13.7. The van der Waals surface area contributed by atoms with Crippen molar-refractivity contribution >= 4 is 5.97 Å². The molecule has 2 nitrogen and oxygen atoms in total. The molecule has 1 N–H and O–H groups in total. The van der Waals surface area contributed by atoms with Crippen molar-refractivity contribution < 1.29 is 18.7 Å². The Hall–Kier alpha value is -2.23. The summed E-state index contributed by atoms with van der Waals surface area (Å²) in [4.78, 5) is 11.8. The highest BCUT2D eigenvalue weighted by atomic mass is 19.1. The molecular formula is C17H16F2O2. The molecule has 2 aromatic carbocycles. The van der Waals surface area contributed by atoms with E-state index in [1.165, 1.54) is 12.1 Å². The van der Waals surface area contributed by atoms with Crippen molar-refractivity contribution in [3.8, 4) is 0 Å². The first-order valence-electron chi connectivity index (χ1n) is 6.72. The van der Waals surface area contributed by atoms with Crippen molar-refractivity contribution in [3.63, 3.8) is 0 Å². The molecule has 0 amide bonds. The van der Waals surface area contributed by atoms with Gasteiger partial charge in [-0.1, -0.05) is 37.3 Å². The molecule has 1 unspecified atom stereocenters. The molecule has 0 saturated heterocycles. The number of halogens is 2. The van der Waals surface area contributed by atoms with E-state index in [1.807, 2.05) is 0 Å². The van der Waals surface area contributed by atoms with E-state index < -0.39 is 23.0 Å². The monoisotopic (exact) mass is 290 g/mol. The number of carboxylic acids is 1. The number of carboxylic acid groups (broad SMARTS) is 1. The van der Waals surface area contributed by atoms with Crippen LogP contribution in [-0.4, -0.2) is 11.1 Å². The molecule has 0 aliphatic heterocycles. The van der Waals surface area contributed by atoms with Crippen molar-refractivity contribution in [2.24, 2.45) is 0 Å². The highest BCUT2D eigenvalue weighted by Crippen LogP contribution is 2.33. The number of benzene rings is 2. The largest absolute Gasteiger partial charge is 0.481 e. The number of aliphatic carboxylic acids is 1. The van der Waals surface area contributed by atoms with E-state index in [9.17, 15) is 18.7 Å². The van der Waals surface area contributed by atoms with Crippen molar-refractivity contribution in [1.29, 1.82) is 0 Å². The number of hydrogen-bond acceptors (Lipinski definition) is 1. The summed E-state index contributed by atoms with van der Waals surface area (Å²) < 4.78 is 26.6. The van der Waals surface area contributed by atoms with Crippen LogP contribution >= 0.6 is 0 Å². The van der Waals surface area contributed by atoms with Gasteiger partial charge >= 0.3 is 5.97 Å². The minimum Gasteiger partial charge on any atom is -0.481 e. The first kappa shape index (κ1) is 15.2. The van der Waals surface area contributed by atoms with Gasteiger partial charge in [-0.25, -0.2) is 8.78 Å². The first-order chi connectivity index (χ1) is 9.98. The quantitative estimate of drug-likeness (QED) is 0.905.